The summed E-state index contributed by atoms with van der Waals surface area (Å²) in [7, 11) is 0. The summed E-state index contributed by atoms with van der Waals surface area (Å²) in [6.07, 6.45) is 0. The second-order valence-electron chi connectivity index (χ2n) is 4.51. The van der Waals surface area contributed by atoms with Gasteiger partial charge < -0.3 is 10.6 Å². The maximum Gasteiger partial charge on any atom is 0.237 e. The molecule has 0 bridgehead atoms. The van der Waals surface area contributed by atoms with Gasteiger partial charge in [-0.15, -0.1) is 0 Å². The van der Waals surface area contributed by atoms with Crippen molar-refractivity contribution < 1.29 is 9.18 Å². The predicted octanol–water partition coefficient (Wildman–Crippen LogP) is 2.48. The average Bonchev–Trinajstić information content (AvgIpc) is 2.29. The molecule has 1 aromatic carbocycles. The number of carbonyl (C=O) groups excluding carboxylic acids is 1. The van der Waals surface area contributed by atoms with E-state index in [-0.39, 0.29) is 23.0 Å². The molecular formula is C13H18ClFN2O. The Kier molecular flexibility index (Phi) is 5.56. The number of hydrogen-bond donors (Lipinski definition) is 2. The van der Waals surface area contributed by atoms with Crippen molar-refractivity contribution in [3.63, 3.8) is 0 Å². The van der Waals surface area contributed by atoms with Crippen molar-refractivity contribution in [1.29, 1.82) is 0 Å². The maximum atomic E-state index is 13.2. The first-order valence-electron chi connectivity index (χ1n) is 5.88. The van der Waals surface area contributed by atoms with Crippen LogP contribution in [0.2, 0.25) is 5.02 Å². The fourth-order valence-electron chi connectivity index (χ4n) is 1.42. The van der Waals surface area contributed by atoms with E-state index in [0.29, 0.717) is 6.54 Å². The molecule has 3 nitrogen and oxygen atoms in total. The van der Waals surface area contributed by atoms with E-state index in [4.69, 9.17) is 11.6 Å². The molecule has 0 aliphatic rings. The van der Waals surface area contributed by atoms with E-state index in [9.17, 15) is 9.18 Å². The minimum atomic E-state index is -0.449. The molecule has 100 valence electrons. The van der Waals surface area contributed by atoms with Crippen LogP contribution in [0.4, 0.5) is 4.39 Å². The topological polar surface area (TPSA) is 41.1 Å². The number of amides is 1. The molecule has 18 heavy (non-hydrogen) atoms. The molecule has 1 atom stereocenters. The van der Waals surface area contributed by atoms with Crippen molar-refractivity contribution in [2.75, 3.05) is 0 Å². The number of rotatable bonds is 5. The van der Waals surface area contributed by atoms with Gasteiger partial charge in [0.25, 0.3) is 0 Å². The Morgan fingerprint density at radius 2 is 2.06 bits per heavy atom. The van der Waals surface area contributed by atoms with Gasteiger partial charge in [0.1, 0.15) is 5.82 Å². The molecular weight excluding hydrogens is 255 g/mol. The first-order chi connectivity index (χ1) is 8.40. The minimum Gasteiger partial charge on any atom is -0.353 e. The van der Waals surface area contributed by atoms with E-state index in [1.807, 2.05) is 13.8 Å². The van der Waals surface area contributed by atoms with Crippen molar-refractivity contribution >= 4 is 17.5 Å². The monoisotopic (exact) mass is 272 g/mol. The number of nitrogens with one attached hydrogen (secondary N) is 2. The lowest BCUT2D eigenvalue weighted by molar-refractivity contribution is -0.123. The Balaban J connectivity index is 2.49. The second-order valence-corrected chi connectivity index (χ2v) is 4.92. The van der Waals surface area contributed by atoms with Crippen LogP contribution in [0.15, 0.2) is 18.2 Å². The smallest absolute Gasteiger partial charge is 0.237 e. The summed E-state index contributed by atoms with van der Waals surface area (Å²) in [5.41, 5.74) is 0.751. The van der Waals surface area contributed by atoms with E-state index in [1.54, 1.807) is 13.0 Å². The fourth-order valence-corrected chi connectivity index (χ4v) is 1.54. The van der Waals surface area contributed by atoms with Crippen LogP contribution in [0.3, 0.4) is 0 Å². The van der Waals surface area contributed by atoms with Crippen molar-refractivity contribution in [3.05, 3.63) is 34.6 Å². The van der Waals surface area contributed by atoms with E-state index >= 15 is 0 Å². The third kappa shape index (κ3) is 4.63. The predicted molar refractivity (Wildman–Crippen MR) is 71.0 cm³/mol. The minimum absolute atomic E-state index is 0.0700. The first kappa shape index (κ1) is 14.9. The molecule has 0 saturated heterocycles. The van der Waals surface area contributed by atoms with Crippen LogP contribution in [0.25, 0.3) is 0 Å². The summed E-state index contributed by atoms with van der Waals surface area (Å²) in [5.74, 6) is -0.519. The van der Waals surface area contributed by atoms with Crippen LogP contribution in [-0.2, 0) is 11.3 Å². The molecule has 0 aliphatic heterocycles. The summed E-state index contributed by atoms with van der Waals surface area (Å²) >= 11 is 5.59. The molecule has 1 aromatic rings. The highest BCUT2D eigenvalue weighted by Gasteiger charge is 2.12. The molecule has 0 saturated carbocycles. The van der Waals surface area contributed by atoms with Gasteiger partial charge >= 0.3 is 0 Å². The van der Waals surface area contributed by atoms with Crippen molar-refractivity contribution in [2.45, 2.75) is 39.4 Å². The quantitative estimate of drug-likeness (QED) is 0.865. The Morgan fingerprint density at radius 1 is 1.39 bits per heavy atom. The van der Waals surface area contributed by atoms with Crippen LogP contribution in [0.5, 0.6) is 0 Å². The molecule has 1 amide bonds. The molecule has 0 spiro atoms. The lowest BCUT2D eigenvalue weighted by Crippen LogP contribution is -2.44. The molecule has 1 rings (SSSR count). The van der Waals surface area contributed by atoms with Gasteiger partial charge in [0.2, 0.25) is 5.91 Å². The molecule has 0 heterocycles. The summed E-state index contributed by atoms with van der Waals surface area (Å²) in [4.78, 5) is 11.6. The van der Waals surface area contributed by atoms with Gasteiger partial charge in [-0.25, -0.2) is 4.39 Å². The van der Waals surface area contributed by atoms with Crippen molar-refractivity contribution in [3.8, 4) is 0 Å². The Morgan fingerprint density at radius 3 is 2.61 bits per heavy atom. The van der Waals surface area contributed by atoms with Gasteiger partial charge in [-0.1, -0.05) is 17.7 Å². The van der Waals surface area contributed by atoms with Gasteiger partial charge in [0, 0.05) is 12.6 Å². The zero-order chi connectivity index (χ0) is 13.7. The van der Waals surface area contributed by atoms with Gasteiger partial charge in [-0.2, -0.15) is 0 Å². The summed E-state index contributed by atoms with van der Waals surface area (Å²) in [6.45, 7) is 5.99. The highest BCUT2D eigenvalue weighted by Crippen LogP contribution is 2.15. The van der Waals surface area contributed by atoms with Gasteiger partial charge in [0.05, 0.1) is 11.1 Å². The Labute approximate surface area is 112 Å². The highest BCUT2D eigenvalue weighted by atomic mass is 35.5. The van der Waals surface area contributed by atoms with E-state index in [0.717, 1.165) is 5.56 Å². The molecule has 5 heteroatoms. The third-order valence-corrected chi connectivity index (χ3v) is 2.73. The van der Waals surface area contributed by atoms with Crippen molar-refractivity contribution in [1.82, 2.24) is 10.6 Å². The van der Waals surface area contributed by atoms with Crippen molar-refractivity contribution in [2.24, 2.45) is 0 Å². The number of benzene rings is 1. The SMILES string of the molecule is CC(C)NC(=O)C(C)NCc1ccc(Cl)c(F)c1. The molecule has 0 aromatic heterocycles. The Hall–Kier alpha value is -1.13. The van der Waals surface area contributed by atoms with Gasteiger partial charge in [-0.3, -0.25) is 4.79 Å². The van der Waals surface area contributed by atoms with Crippen LogP contribution >= 0.6 is 11.6 Å². The molecule has 1 unspecified atom stereocenters. The van der Waals surface area contributed by atoms with Crippen LogP contribution in [-0.4, -0.2) is 18.0 Å². The number of halogens is 2. The summed E-state index contributed by atoms with van der Waals surface area (Å²) in [6, 6.07) is 4.38. The van der Waals surface area contributed by atoms with Crippen LogP contribution < -0.4 is 10.6 Å². The van der Waals surface area contributed by atoms with Gasteiger partial charge in [0.15, 0.2) is 0 Å². The van der Waals surface area contributed by atoms with E-state index in [1.165, 1.54) is 12.1 Å². The second kappa shape index (κ2) is 6.71. The average molecular weight is 273 g/mol. The molecule has 0 radical (unpaired) electrons. The molecule has 0 aliphatic carbocycles. The largest absolute Gasteiger partial charge is 0.353 e. The lowest BCUT2D eigenvalue weighted by Gasteiger charge is -2.16. The number of carbonyl (C=O) groups is 1. The number of hydrogen-bond acceptors (Lipinski definition) is 2. The van der Waals surface area contributed by atoms with Crippen LogP contribution in [0, 0.1) is 5.82 Å². The highest BCUT2D eigenvalue weighted by molar-refractivity contribution is 6.30. The molecule has 2 N–H and O–H groups in total. The standard InChI is InChI=1S/C13H18ClFN2O/c1-8(2)17-13(18)9(3)16-7-10-4-5-11(14)12(15)6-10/h4-6,8-9,16H,7H2,1-3H3,(H,17,18). The fraction of sp³-hybridized carbons (Fsp3) is 0.462. The molecule has 0 fully saturated rings. The van der Waals surface area contributed by atoms with E-state index < -0.39 is 5.82 Å². The summed E-state index contributed by atoms with van der Waals surface area (Å²) in [5, 5.41) is 5.93. The zero-order valence-electron chi connectivity index (χ0n) is 10.8. The zero-order valence-corrected chi connectivity index (χ0v) is 11.5. The van der Waals surface area contributed by atoms with Crippen LogP contribution in [0.1, 0.15) is 26.3 Å². The maximum absolute atomic E-state index is 13.2. The summed E-state index contributed by atoms with van der Waals surface area (Å²) < 4.78 is 13.2. The Bertz CT molecular complexity index is 423. The third-order valence-electron chi connectivity index (χ3n) is 2.42. The lowest BCUT2D eigenvalue weighted by atomic mass is 10.2. The normalized spacial score (nSPS) is 12.6. The van der Waals surface area contributed by atoms with Gasteiger partial charge in [-0.05, 0) is 38.5 Å². The first-order valence-corrected chi connectivity index (χ1v) is 6.25. The van der Waals surface area contributed by atoms with E-state index in [2.05, 4.69) is 10.6 Å².